The maximum Gasteiger partial charge on any atom is 0.123 e. The van der Waals surface area contributed by atoms with Crippen molar-refractivity contribution >= 4 is 0 Å². The van der Waals surface area contributed by atoms with Gasteiger partial charge in [-0.3, -0.25) is 9.80 Å². The molecule has 0 aromatic heterocycles. The van der Waals surface area contributed by atoms with Crippen LogP contribution in [0.4, 0.5) is 0 Å². The van der Waals surface area contributed by atoms with Crippen molar-refractivity contribution in [3.05, 3.63) is 29.8 Å². The number of likely N-dealkylation sites (tertiary alicyclic amines) is 1. The minimum absolute atomic E-state index is 0.822. The van der Waals surface area contributed by atoms with Gasteiger partial charge in [-0.05, 0) is 31.2 Å². The van der Waals surface area contributed by atoms with Crippen molar-refractivity contribution in [2.75, 3.05) is 32.8 Å². The van der Waals surface area contributed by atoms with Gasteiger partial charge in [0.25, 0.3) is 0 Å². The second kappa shape index (κ2) is 5.38. The van der Waals surface area contributed by atoms with Gasteiger partial charge in [-0.2, -0.15) is 0 Å². The zero-order valence-corrected chi connectivity index (χ0v) is 12.1. The number of hydrogen-bond acceptors (Lipinski definition) is 3. The average molecular weight is 272 g/mol. The van der Waals surface area contributed by atoms with Gasteiger partial charge in [0, 0.05) is 44.3 Å². The largest absolute Gasteiger partial charge is 0.492 e. The Morgan fingerprint density at radius 3 is 2.95 bits per heavy atom. The van der Waals surface area contributed by atoms with Crippen LogP contribution >= 0.6 is 0 Å². The van der Waals surface area contributed by atoms with E-state index in [1.807, 2.05) is 0 Å². The number of benzene rings is 1. The van der Waals surface area contributed by atoms with E-state index in [1.54, 1.807) is 0 Å². The quantitative estimate of drug-likeness (QED) is 0.840. The van der Waals surface area contributed by atoms with Gasteiger partial charge in [-0.15, -0.1) is 0 Å². The molecule has 3 aliphatic rings. The Bertz CT molecular complexity index is 476. The molecule has 2 fully saturated rings. The summed E-state index contributed by atoms with van der Waals surface area (Å²) in [5, 5.41) is 0. The van der Waals surface area contributed by atoms with Crippen LogP contribution in [0.15, 0.2) is 24.3 Å². The Balaban J connectivity index is 1.35. The molecule has 1 aromatic carbocycles. The van der Waals surface area contributed by atoms with Crippen molar-refractivity contribution in [1.82, 2.24) is 9.80 Å². The van der Waals surface area contributed by atoms with Crippen molar-refractivity contribution in [1.29, 1.82) is 0 Å². The molecule has 1 saturated heterocycles. The number of para-hydroxylation sites is 1. The molecule has 4 rings (SSSR count). The summed E-state index contributed by atoms with van der Waals surface area (Å²) in [6.07, 6.45) is 4.38. The highest BCUT2D eigenvalue weighted by Crippen LogP contribution is 2.37. The zero-order valence-electron chi connectivity index (χ0n) is 12.1. The first-order valence-electron chi connectivity index (χ1n) is 8.05. The van der Waals surface area contributed by atoms with Crippen LogP contribution in [0.3, 0.4) is 0 Å². The van der Waals surface area contributed by atoms with Crippen LogP contribution in [-0.2, 0) is 6.54 Å². The fraction of sp³-hybridized carbons (Fsp3) is 0.647. The van der Waals surface area contributed by atoms with Crippen LogP contribution in [-0.4, -0.2) is 48.6 Å². The third-order valence-corrected chi connectivity index (χ3v) is 5.26. The van der Waals surface area contributed by atoms with Gasteiger partial charge in [0.2, 0.25) is 0 Å². The minimum Gasteiger partial charge on any atom is -0.492 e. The predicted octanol–water partition coefficient (Wildman–Crippen LogP) is 2.37. The highest BCUT2D eigenvalue weighted by atomic mass is 16.5. The van der Waals surface area contributed by atoms with Crippen LogP contribution in [0, 0.1) is 5.92 Å². The number of nitrogens with zero attached hydrogens (tertiary/aromatic N) is 2. The van der Waals surface area contributed by atoms with Crippen LogP contribution in [0.5, 0.6) is 5.75 Å². The third-order valence-electron chi connectivity index (χ3n) is 5.26. The first-order valence-corrected chi connectivity index (χ1v) is 8.05. The van der Waals surface area contributed by atoms with Gasteiger partial charge in [-0.25, -0.2) is 0 Å². The van der Waals surface area contributed by atoms with Crippen molar-refractivity contribution < 1.29 is 4.74 Å². The Hall–Kier alpha value is -1.06. The first-order chi connectivity index (χ1) is 9.88. The van der Waals surface area contributed by atoms with Crippen LogP contribution in [0.1, 0.15) is 24.8 Å². The Morgan fingerprint density at radius 1 is 1.15 bits per heavy atom. The van der Waals surface area contributed by atoms with Crippen LogP contribution in [0.25, 0.3) is 0 Å². The summed E-state index contributed by atoms with van der Waals surface area (Å²) >= 11 is 0. The molecule has 20 heavy (non-hydrogen) atoms. The van der Waals surface area contributed by atoms with E-state index in [-0.39, 0.29) is 0 Å². The average Bonchev–Trinajstić information content (AvgIpc) is 3.02. The van der Waals surface area contributed by atoms with E-state index in [9.17, 15) is 0 Å². The lowest BCUT2D eigenvalue weighted by Crippen LogP contribution is -2.39. The fourth-order valence-corrected chi connectivity index (χ4v) is 4.14. The molecule has 0 spiro atoms. The van der Waals surface area contributed by atoms with Crippen molar-refractivity contribution in [2.24, 2.45) is 5.92 Å². The Kier molecular flexibility index (Phi) is 3.41. The van der Waals surface area contributed by atoms with Gasteiger partial charge in [0.05, 0.1) is 0 Å². The van der Waals surface area contributed by atoms with E-state index >= 15 is 0 Å². The molecule has 1 saturated carbocycles. The Labute approximate surface area is 121 Å². The molecule has 0 amide bonds. The molecule has 2 heterocycles. The zero-order chi connectivity index (χ0) is 13.4. The molecule has 3 heteroatoms. The summed E-state index contributed by atoms with van der Waals surface area (Å²) in [5.74, 6) is 2.09. The molecular weight excluding hydrogens is 248 g/mol. The molecule has 1 aromatic rings. The second-order valence-electron chi connectivity index (χ2n) is 6.56. The van der Waals surface area contributed by atoms with Gasteiger partial charge < -0.3 is 4.74 Å². The summed E-state index contributed by atoms with van der Waals surface area (Å²) in [4.78, 5) is 5.28. The fourth-order valence-electron chi connectivity index (χ4n) is 4.14. The van der Waals surface area contributed by atoms with E-state index in [4.69, 9.17) is 4.74 Å². The lowest BCUT2D eigenvalue weighted by molar-refractivity contribution is 0.160. The topological polar surface area (TPSA) is 15.7 Å². The summed E-state index contributed by atoms with van der Waals surface area (Å²) in [7, 11) is 0. The monoisotopic (exact) mass is 272 g/mol. The SMILES string of the molecule is c1ccc2c(c1)CN(CCN1C[C@H]3CC[C@@H]1C3)CCO2. The highest BCUT2D eigenvalue weighted by Gasteiger charge is 2.37. The normalized spacial score (nSPS) is 30.0. The maximum atomic E-state index is 5.84. The molecule has 2 aliphatic heterocycles. The van der Waals surface area contributed by atoms with E-state index in [1.165, 1.54) is 44.5 Å². The molecule has 3 nitrogen and oxygen atoms in total. The first kappa shape index (κ1) is 12.7. The summed E-state index contributed by atoms with van der Waals surface area (Å²) in [6.45, 7) is 6.69. The lowest BCUT2D eigenvalue weighted by Gasteiger charge is -2.29. The number of piperidine rings is 1. The molecule has 2 atom stereocenters. The molecule has 0 N–H and O–H groups in total. The molecule has 2 bridgehead atoms. The van der Waals surface area contributed by atoms with E-state index in [0.29, 0.717) is 0 Å². The second-order valence-corrected chi connectivity index (χ2v) is 6.56. The van der Waals surface area contributed by atoms with Gasteiger partial charge >= 0.3 is 0 Å². The maximum absolute atomic E-state index is 5.84. The Morgan fingerprint density at radius 2 is 2.10 bits per heavy atom. The van der Waals surface area contributed by atoms with Gasteiger partial charge in [0.15, 0.2) is 0 Å². The molecular formula is C17H24N2O. The number of rotatable bonds is 3. The van der Waals surface area contributed by atoms with Crippen LogP contribution in [0.2, 0.25) is 0 Å². The molecule has 1 aliphatic carbocycles. The summed E-state index contributed by atoms with van der Waals surface area (Å²) in [5.41, 5.74) is 1.34. The summed E-state index contributed by atoms with van der Waals surface area (Å²) in [6, 6.07) is 9.38. The lowest BCUT2D eigenvalue weighted by atomic mass is 10.1. The number of ether oxygens (including phenoxy) is 1. The third kappa shape index (κ3) is 2.45. The van der Waals surface area contributed by atoms with E-state index in [0.717, 1.165) is 37.4 Å². The minimum atomic E-state index is 0.822. The van der Waals surface area contributed by atoms with Crippen molar-refractivity contribution in [2.45, 2.75) is 31.8 Å². The van der Waals surface area contributed by atoms with Gasteiger partial charge in [0.1, 0.15) is 12.4 Å². The van der Waals surface area contributed by atoms with Crippen LogP contribution < -0.4 is 4.74 Å². The number of fused-ring (bicyclic) bond motifs is 3. The molecule has 0 unspecified atom stereocenters. The molecule has 108 valence electrons. The standard InChI is InChI=1S/C17H24N2O/c1-2-4-17-15(3-1)13-18(9-10-20-17)7-8-19-12-14-5-6-16(19)11-14/h1-4,14,16H,5-13H2/t14-,16+/m0/s1. The molecule has 0 radical (unpaired) electrons. The highest BCUT2D eigenvalue weighted by molar-refractivity contribution is 5.33. The van der Waals surface area contributed by atoms with Crippen molar-refractivity contribution in [3.63, 3.8) is 0 Å². The predicted molar refractivity (Wildman–Crippen MR) is 79.9 cm³/mol. The number of hydrogen-bond donors (Lipinski definition) is 0. The summed E-state index contributed by atoms with van der Waals surface area (Å²) < 4.78 is 5.84. The van der Waals surface area contributed by atoms with Crippen molar-refractivity contribution in [3.8, 4) is 5.75 Å². The van der Waals surface area contributed by atoms with E-state index < -0.39 is 0 Å². The van der Waals surface area contributed by atoms with E-state index in [2.05, 4.69) is 34.1 Å². The van der Waals surface area contributed by atoms with Gasteiger partial charge in [-0.1, -0.05) is 18.2 Å². The smallest absolute Gasteiger partial charge is 0.123 e.